The van der Waals surface area contributed by atoms with Crippen LogP contribution in [-0.4, -0.2) is 24.9 Å². The molecular weight excluding hydrogens is 203 g/mol. The van der Waals surface area contributed by atoms with Crippen LogP contribution in [-0.2, 0) is 0 Å². The van der Waals surface area contributed by atoms with Crippen LogP contribution in [0, 0.1) is 0 Å². The molecule has 2 N–H and O–H groups in total. The Balaban J connectivity index is 2.14. The van der Waals surface area contributed by atoms with Crippen LogP contribution in [0.4, 0.5) is 0 Å². The quantitative estimate of drug-likeness (QED) is 0.655. The van der Waals surface area contributed by atoms with Gasteiger partial charge in [-0.3, -0.25) is 0 Å². The minimum atomic E-state index is 0.410. The van der Waals surface area contributed by atoms with Crippen LogP contribution in [0.5, 0.6) is 0 Å². The Labute approximate surface area is 71.2 Å². The predicted molar refractivity (Wildman–Crippen MR) is 46.6 cm³/mol. The van der Waals surface area contributed by atoms with Crippen LogP contribution in [0.1, 0.15) is 0 Å². The van der Waals surface area contributed by atoms with Gasteiger partial charge in [0.05, 0.1) is 0 Å². The van der Waals surface area contributed by atoms with E-state index in [0.717, 1.165) is 0 Å². The average Bonchev–Trinajstić information content (AvgIpc) is 2.60. The fourth-order valence-electron chi connectivity index (χ4n) is 0.873. The second-order valence-corrected chi connectivity index (χ2v) is 4.44. The van der Waals surface area contributed by atoms with Crippen LogP contribution >= 0.6 is 0 Å². The first-order valence-electron chi connectivity index (χ1n) is 3.40. The molecule has 0 amide bonds. The van der Waals surface area contributed by atoms with Crippen molar-refractivity contribution in [3.05, 3.63) is 36.7 Å². The van der Waals surface area contributed by atoms with Gasteiger partial charge in [0.25, 0.3) is 0 Å². The summed E-state index contributed by atoms with van der Waals surface area (Å²) in [6.07, 6.45) is 3.92. The van der Waals surface area contributed by atoms with Gasteiger partial charge in [0, 0.05) is 0 Å². The second-order valence-electron chi connectivity index (χ2n) is 2.17. The van der Waals surface area contributed by atoms with Crippen LogP contribution in [0.15, 0.2) is 36.7 Å². The maximum atomic E-state index is 3.18. The van der Waals surface area contributed by atoms with Gasteiger partial charge in [-0.05, 0) is 0 Å². The molecular formula is C8H8N2Se. The Bertz CT molecular complexity index is 264. The van der Waals surface area contributed by atoms with Gasteiger partial charge in [-0.1, -0.05) is 0 Å². The Morgan fingerprint density at radius 2 is 1.45 bits per heavy atom. The zero-order chi connectivity index (χ0) is 7.52. The molecule has 0 aliphatic heterocycles. The molecule has 0 unspecified atom stereocenters. The monoisotopic (exact) mass is 212 g/mol. The second kappa shape index (κ2) is 2.99. The van der Waals surface area contributed by atoms with Gasteiger partial charge in [0.15, 0.2) is 0 Å². The first kappa shape index (κ1) is 6.77. The zero-order valence-electron chi connectivity index (χ0n) is 5.87. The van der Waals surface area contributed by atoms with E-state index in [0.29, 0.717) is 15.0 Å². The van der Waals surface area contributed by atoms with E-state index in [9.17, 15) is 0 Å². The van der Waals surface area contributed by atoms with Crippen molar-refractivity contribution in [1.29, 1.82) is 0 Å². The Morgan fingerprint density at radius 3 is 1.82 bits per heavy atom. The zero-order valence-corrected chi connectivity index (χ0v) is 7.59. The summed E-state index contributed by atoms with van der Waals surface area (Å²) >= 11 is 0.410. The van der Waals surface area contributed by atoms with E-state index >= 15 is 0 Å². The molecule has 0 saturated carbocycles. The van der Waals surface area contributed by atoms with Crippen molar-refractivity contribution in [2.45, 2.75) is 0 Å². The Kier molecular flexibility index (Phi) is 1.84. The number of aromatic amines is 2. The molecule has 0 atom stereocenters. The molecule has 0 saturated heterocycles. The van der Waals surface area contributed by atoms with Crippen molar-refractivity contribution in [2.75, 3.05) is 0 Å². The molecule has 3 heteroatoms. The summed E-state index contributed by atoms with van der Waals surface area (Å²) in [7, 11) is 0. The molecule has 0 aliphatic rings. The fraction of sp³-hybridized carbons (Fsp3) is 0. The van der Waals surface area contributed by atoms with Gasteiger partial charge in [-0.2, -0.15) is 0 Å². The van der Waals surface area contributed by atoms with Crippen molar-refractivity contribution in [3.63, 3.8) is 0 Å². The summed E-state index contributed by atoms with van der Waals surface area (Å²) in [6, 6.07) is 8.28. The molecule has 56 valence electrons. The first-order valence-corrected chi connectivity index (χ1v) is 5.11. The van der Waals surface area contributed by atoms with Crippen molar-refractivity contribution in [2.24, 2.45) is 0 Å². The van der Waals surface area contributed by atoms with E-state index in [2.05, 4.69) is 22.1 Å². The average molecular weight is 211 g/mol. The topological polar surface area (TPSA) is 31.6 Å². The van der Waals surface area contributed by atoms with Gasteiger partial charge in [-0.15, -0.1) is 0 Å². The maximum absolute atomic E-state index is 3.18. The van der Waals surface area contributed by atoms with Gasteiger partial charge in [0.2, 0.25) is 0 Å². The summed E-state index contributed by atoms with van der Waals surface area (Å²) in [5.41, 5.74) is 0. The van der Waals surface area contributed by atoms with Crippen LogP contribution in [0.3, 0.4) is 0 Å². The number of H-pyrrole nitrogens is 2. The molecule has 0 aliphatic carbocycles. The molecule has 0 aromatic carbocycles. The third-order valence-corrected chi connectivity index (χ3v) is 3.35. The summed E-state index contributed by atoms with van der Waals surface area (Å²) in [5, 5.41) is 0. The van der Waals surface area contributed by atoms with Crippen LogP contribution in [0.25, 0.3) is 0 Å². The van der Waals surface area contributed by atoms with Crippen molar-refractivity contribution >= 4 is 24.1 Å². The van der Waals surface area contributed by atoms with E-state index in [1.54, 1.807) is 0 Å². The van der Waals surface area contributed by atoms with Gasteiger partial charge < -0.3 is 0 Å². The van der Waals surface area contributed by atoms with E-state index in [1.165, 1.54) is 9.18 Å². The Morgan fingerprint density at radius 1 is 0.909 bits per heavy atom. The van der Waals surface area contributed by atoms with E-state index in [-0.39, 0.29) is 0 Å². The summed E-state index contributed by atoms with van der Waals surface area (Å²) in [6.45, 7) is 0. The van der Waals surface area contributed by atoms with E-state index in [4.69, 9.17) is 0 Å². The molecule has 0 bridgehead atoms. The standard InChI is InChI=1S/C8H8N2Se/c1-3-7(9-5-1)11-8-4-2-6-10-8/h1-6,9-10H. The molecule has 0 spiro atoms. The van der Waals surface area contributed by atoms with Crippen LogP contribution in [0.2, 0.25) is 0 Å². The Hall–Kier alpha value is -0.921. The van der Waals surface area contributed by atoms with Crippen molar-refractivity contribution in [3.8, 4) is 0 Å². The fourth-order valence-corrected chi connectivity index (χ4v) is 2.52. The SMILES string of the molecule is c1c[nH]c([Se]c2ccc[nH]2)c1. The van der Waals surface area contributed by atoms with Gasteiger partial charge in [0.1, 0.15) is 0 Å². The summed E-state index contributed by atoms with van der Waals surface area (Å²) in [5.74, 6) is 0. The third-order valence-electron chi connectivity index (χ3n) is 1.36. The van der Waals surface area contributed by atoms with Crippen molar-refractivity contribution < 1.29 is 0 Å². The normalized spacial score (nSPS) is 10.2. The van der Waals surface area contributed by atoms with Gasteiger partial charge >= 0.3 is 70.8 Å². The summed E-state index contributed by atoms with van der Waals surface area (Å²) < 4.78 is 2.61. The minimum absolute atomic E-state index is 0.410. The summed E-state index contributed by atoms with van der Waals surface area (Å²) in [4.78, 5) is 6.37. The number of rotatable bonds is 2. The first-order chi connectivity index (χ1) is 5.45. The molecule has 2 aromatic rings. The molecule has 11 heavy (non-hydrogen) atoms. The number of hydrogen-bond donors (Lipinski definition) is 2. The molecule has 0 radical (unpaired) electrons. The van der Waals surface area contributed by atoms with Crippen molar-refractivity contribution in [1.82, 2.24) is 9.97 Å². The molecule has 2 heterocycles. The molecule has 2 aromatic heterocycles. The molecule has 2 rings (SSSR count). The third kappa shape index (κ3) is 1.56. The number of hydrogen-bond acceptors (Lipinski definition) is 0. The van der Waals surface area contributed by atoms with E-state index < -0.39 is 0 Å². The molecule has 0 fully saturated rings. The van der Waals surface area contributed by atoms with E-state index in [1.807, 2.05) is 24.5 Å². The molecule has 2 nitrogen and oxygen atoms in total. The number of nitrogens with one attached hydrogen (secondary N) is 2. The number of aromatic nitrogens is 2. The predicted octanol–water partition coefficient (Wildman–Crippen LogP) is -0.00220. The van der Waals surface area contributed by atoms with Crippen LogP contribution < -0.4 is 9.18 Å². The van der Waals surface area contributed by atoms with Gasteiger partial charge in [-0.25, -0.2) is 0 Å².